The van der Waals surface area contributed by atoms with Gasteiger partial charge < -0.3 is 15.1 Å². The van der Waals surface area contributed by atoms with Crippen molar-refractivity contribution in [1.29, 1.82) is 0 Å². The molecule has 1 atom stereocenters. The molecule has 2 rings (SSSR count). The maximum atomic E-state index is 12.2. The van der Waals surface area contributed by atoms with Gasteiger partial charge in [-0.25, -0.2) is 0 Å². The molecule has 2 heterocycles. The predicted molar refractivity (Wildman–Crippen MR) is 69.4 cm³/mol. The Hall–Kier alpha value is -1.35. The van der Waals surface area contributed by atoms with Gasteiger partial charge in [-0.3, -0.25) is 4.79 Å². The lowest BCUT2D eigenvalue weighted by Gasteiger charge is -2.14. The molecule has 96 valence electrons. The lowest BCUT2D eigenvalue weighted by atomic mass is 10.2. The number of nitrogens with zero attached hydrogens (tertiary/aromatic N) is 1. The van der Waals surface area contributed by atoms with Crippen molar-refractivity contribution in [3.8, 4) is 11.8 Å². The van der Waals surface area contributed by atoms with Gasteiger partial charge in [0.15, 0.2) is 0 Å². The number of hydrogen-bond acceptors (Lipinski definition) is 4. The summed E-state index contributed by atoms with van der Waals surface area (Å²) < 4.78 is 0. The summed E-state index contributed by atoms with van der Waals surface area (Å²) in [7, 11) is 0. The predicted octanol–water partition coefficient (Wildman–Crippen LogP) is 0.689. The molecular weight excluding hydrogens is 250 g/mol. The third kappa shape index (κ3) is 2.91. The lowest BCUT2D eigenvalue weighted by molar-refractivity contribution is 0.0769. The zero-order valence-corrected chi connectivity index (χ0v) is 10.7. The fraction of sp³-hybridized carbons (Fsp3) is 0.462. The van der Waals surface area contributed by atoms with E-state index in [1.54, 1.807) is 4.90 Å². The molecule has 1 aliphatic rings. The fourth-order valence-electron chi connectivity index (χ4n) is 1.86. The van der Waals surface area contributed by atoms with Crippen LogP contribution in [0, 0.1) is 11.8 Å². The number of thiophene rings is 1. The van der Waals surface area contributed by atoms with Crippen molar-refractivity contribution in [3.05, 3.63) is 21.9 Å². The molecule has 0 radical (unpaired) electrons. The normalized spacial score (nSPS) is 18.6. The number of carbonyl (C=O) groups excluding carboxylic acids is 1. The van der Waals surface area contributed by atoms with E-state index in [1.165, 1.54) is 11.3 Å². The van der Waals surface area contributed by atoms with Crippen molar-refractivity contribution in [3.63, 3.8) is 0 Å². The summed E-state index contributed by atoms with van der Waals surface area (Å²) in [5.74, 6) is 5.66. The molecule has 1 aromatic heterocycles. The van der Waals surface area contributed by atoms with Gasteiger partial charge in [0, 0.05) is 25.1 Å². The minimum absolute atomic E-state index is 0.0265. The van der Waals surface area contributed by atoms with Crippen LogP contribution in [0.25, 0.3) is 0 Å². The average Bonchev–Trinajstić information content (AvgIpc) is 2.97. The second kappa shape index (κ2) is 6.01. The van der Waals surface area contributed by atoms with Gasteiger partial charge in [-0.15, -0.1) is 11.3 Å². The Labute approximate surface area is 110 Å². The number of carbonyl (C=O) groups is 1. The monoisotopic (exact) mass is 265 g/mol. The summed E-state index contributed by atoms with van der Waals surface area (Å²) in [6.07, 6.45) is 0.645. The van der Waals surface area contributed by atoms with Crippen LogP contribution in [0.3, 0.4) is 0 Å². The molecule has 2 N–H and O–H groups in total. The Morgan fingerprint density at radius 3 is 3.11 bits per heavy atom. The standard InChI is InChI=1S/C13H15NO3S/c15-7-2-1-3-10-5-8-18-12(10)13(17)14-6-4-11(16)9-14/h5,8,11,15-16H,2,4,6-7,9H2. The maximum absolute atomic E-state index is 12.2. The van der Waals surface area contributed by atoms with Crippen LogP contribution in [0.15, 0.2) is 11.4 Å². The van der Waals surface area contributed by atoms with E-state index in [1.807, 2.05) is 11.4 Å². The molecule has 1 aliphatic heterocycles. The van der Waals surface area contributed by atoms with E-state index >= 15 is 0 Å². The topological polar surface area (TPSA) is 60.8 Å². The summed E-state index contributed by atoms with van der Waals surface area (Å²) in [6.45, 7) is 1.03. The molecule has 1 aromatic rings. The Morgan fingerprint density at radius 1 is 1.61 bits per heavy atom. The van der Waals surface area contributed by atoms with Crippen LogP contribution in [0.5, 0.6) is 0 Å². The molecule has 18 heavy (non-hydrogen) atoms. The number of rotatable bonds is 2. The van der Waals surface area contributed by atoms with Crippen molar-refractivity contribution in [2.75, 3.05) is 19.7 Å². The second-order valence-corrected chi connectivity index (χ2v) is 5.05. The van der Waals surface area contributed by atoms with Crippen molar-refractivity contribution < 1.29 is 15.0 Å². The van der Waals surface area contributed by atoms with Gasteiger partial charge in [-0.05, 0) is 17.9 Å². The summed E-state index contributed by atoms with van der Waals surface area (Å²) >= 11 is 1.37. The molecular formula is C13H15NO3S. The minimum Gasteiger partial charge on any atom is -0.395 e. The fourth-order valence-corrected chi connectivity index (χ4v) is 2.67. The molecule has 0 bridgehead atoms. The number of hydrogen-bond donors (Lipinski definition) is 2. The Morgan fingerprint density at radius 2 is 2.44 bits per heavy atom. The molecule has 5 heteroatoms. The first-order valence-corrected chi connectivity index (χ1v) is 6.75. The van der Waals surface area contributed by atoms with E-state index in [0.717, 1.165) is 0 Å². The van der Waals surface area contributed by atoms with E-state index in [9.17, 15) is 9.90 Å². The first-order chi connectivity index (χ1) is 8.72. The SMILES string of the molecule is O=C(c1sccc1C#CCCO)N1CCC(O)C1. The van der Waals surface area contributed by atoms with E-state index in [-0.39, 0.29) is 12.5 Å². The van der Waals surface area contributed by atoms with Gasteiger partial charge in [-0.1, -0.05) is 11.8 Å². The third-order valence-electron chi connectivity index (χ3n) is 2.77. The largest absolute Gasteiger partial charge is 0.395 e. The van der Waals surface area contributed by atoms with Crippen molar-refractivity contribution in [1.82, 2.24) is 4.90 Å². The van der Waals surface area contributed by atoms with Gasteiger partial charge in [0.05, 0.1) is 12.7 Å². The van der Waals surface area contributed by atoms with E-state index < -0.39 is 6.10 Å². The number of aliphatic hydroxyl groups is 2. The minimum atomic E-state index is -0.405. The number of aliphatic hydroxyl groups excluding tert-OH is 2. The first kappa shape index (κ1) is 13.1. The van der Waals surface area contributed by atoms with Gasteiger partial charge in [0.2, 0.25) is 0 Å². The molecule has 0 spiro atoms. The molecule has 0 saturated carbocycles. The van der Waals surface area contributed by atoms with Crippen LogP contribution in [-0.2, 0) is 0 Å². The molecule has 4 nitrogen and oxygen atoms in total. The van der Waals surface area contributed by atoms with Crippen LogP contribution < -0.4 is 0 Å². The third-order valence-corrected chi connectivity index (χ3v) is 3.67. The summed E-state index contributed by atoms with van der Waals surface area (Å²) in [6, 6.07) is 1.81. The summed E-state index contributed by atoms with van der Waals surface area (Å²) in [4.78, 5) is 14.5. The Balaban J connectivity index is 2.12. The van der Waals surface area contributed by atoms with Gasteiger partial charge in [0.25, 0.3) is 5.91 Å². The van der Waals surface area contributed by atoms with Gasteiger partial charge in [-0.2, -0.15) is 0 Å². The van der Waals surface area contributed by atoms with Gasteiger partial charge in [0.1, 0.15) is 4.88 Å². The van der Waals surface area contributed by atoms with E-state index in [2.05, 4.69) is 11.8 Å². The highest BCUT2D eigenvalue weighted by molar-refractivity contribution is 7.12. The highest BCUT2D eigenvalue weighted by Crippen LogP contribution is 2.21. The Kier molecular flexibility index (Phi) is 4.37. The molecule has 1 saturated heterocycles. The van der Waals surface area contributed by atoms with Crippen LogP contribution in [0.2, 0.25) is 0 Å². The smallest absolute Gasteiger partial charge is 0.265 e. The maximum Gasteiger partial charge on any atom is 0.265 e. The van der Waals surface area contributed by atoms with E-state index in [4.69, 9.17) is 5.11 Å². The van der Waals surface area contributed by atoms with Crippen LogP contribution in [0.4, 0.5) is 0 Å². The molecule has 0 aliphatic carbocycles. The zero-order valence-electron chi connectivity index (χ0n) is 9.93. The number of β-amino-alcohol motifs (C(OH)–C–C–N with tert-alkyl or cyclic N) is 1. The zero-order chi connectivity index (χ0) is 13.0. The molecule has 1 amide bonds. The Bertz CT molecular complexity index is 486. The van der Waals surface area contributed by atoms with Crippen molar-refractivity contribution in [2.24, 2.45) is 0 Å². The molecule has 0 aromatic carbocycles. The first-order valence-electron chi connectivity index (χ1n) is 5.87. The van der Waals surface area contributed by atoms with Crippen molar-refractivity contribution in [2.45, 2.75) is 18.9 Å². The van der Waals surface area contributed by atoms with Crippen LogP contribution >= 0.6 is 11.3 Å². The quantitative estimate of drug-likeness (QED) is 0.773. The van der Waals surface area contributed by atoms with Gasteiger partial charge >= 0.3 is 0 Å². The summed E-state index contributed by atoms with van der Waals surface area (Å²) in [5.41, 5.74) is 0.708. The second-order valence-electron chi connectivity index (χ2n) is 4.13. The van der Waals surface area contributed by atoms with Crippen LogP contribution in [0.1, 0.15) is 28.1 Å². The summed E-state index contributed by atoms with van der Waals surface area (Å²) in [5, 5.41) is 20.0. The average molecular weight is 265 g/mol. The molecule has 1 fully saturated rings. The number of amides is 1. The lowest BCUT2D eigenvalue weighted by Crippen LogP contribution is -2.29. The van der Waals surface area contributed by atoms with E-state index in [0.29, 0.717) is 36.4 Å². The highest BCUT2D eigenvalue weighted by Gasteiger charge is 2.27. The van der Waals surface area contributed by atoms with Crippen molar-refractivity contribution >= 4 is 17.2 Å². The number of likely N-dealkylation sites (tertiary alicyclic amines) is 1. The molecule has 1 unspecified atom stereocenters. The van der Waals surface area contributed by atoms with Crippen LogP contribution in [-0.4, -0.2) is 46.8 Å². The highest BCUT2D eigenvalue weighted by atomic mass is 32.1.